The van der Waals surface area contributed by atoms with Gasteiger partial charge in [-0.3, -0.25) is 9.59 Å². The van der Waals surface area contributed by atoms with E-state index < -0.39 is 0 Å². The van der Waals surface area contributed by atoms with E-state index in [0.29, 0.717) is 18.7 Å². The molecule has 2 saturated heterocycles. The number of fused-ring (bicyclic) bond motifs is 1. The number of hydrogen-bond acceptors (Lipinski definition) is 3. The van der Waals surface area contributed by atoms with Gasteiger partial charge < -0.3 is 14.8 Å². The van der Waals surface area contributed by atoms with E-state index in [1.807, 2.05) is 58.3 Å². The quantitative estimate of drug-likeness (QED) is 0.578. The first-order chi connectivity index (χ1) is 15.6. The summed E-state index contributed by atoms with van der Waals surface area (Å²) in [5, 5.41) is 0. The second-order valence-electron chi connectivity index (χ2n) is 8.84. The largest absolute Gasteiger partial charge is 0.342 e. The Hall–Kier alpha value is -2.67. The minimum Gasteiger partial charge on any atom is -0.342 e. The molecule has 2 amide bonds. The third-order valence-electron chi connectivity index (χ3n) is 6.75. The van der Waals surface area contributed by atoms with Crippen LogP contribution in [0.4, 0.5) is 0 Å². The van der Waals surface area contributed by atoms with E-state index in [2.05, 4.69) is 20.9 Å². The van der Waals surface area contributed by atoms with E-state index in [4.69, 9.17) is 4.98 Å². The smallest absolute Gasteiger partial charge is 0.253 e. The van der Waals surface area contributed by atoms with Crippen LogP contribution in [-0.2, 0) is 4.79 Å². The number of carbonyl (C=O) groups excluding carboxylic acids is 2. The summed E-state index contributed by atoms with van der Waals surface area (Å²) < 4.78 is 0.959. The van der Waals surface area contributed by atoms with Crippen LogP contribution in [0.3, 0.4) is 0 Å². The van der Waals surface area contributed by atoms with Gasteiger partial charge in [0.2, 0.25) is 5.91 Å². The Kier molecular flexibility index (Phi) is 6.00. The van der Waals surface area contributed by atoms with Crippen LogP contribution in [0.25, 0.3) is 11.0 Å². The summed E-state index contributed by atoms with van der Waals surface area (Å²) in [6.45, 7) is 2.79. The number of aromatic amines is 1. The second kappa shape index (κ2) is 9.06. The molecule has 1 unspecified atom stereocenters. The average Bonchev–Trinajstić information content (AvgIpc) is 3.28. The predicted octanol–water partition coefficient (Wildman–Crippen LogP) is 4.58. The van der Waals surface area contributed by atoms with Gasteiger partial charge in [0.05, 0.1) is 11.0 Å². The van der Waals surface area contributed by atoms with E-state index in [1.165, 1.54) is 0 Å². The van der Waals surface area contributed by atoms with Gasteiger partial charge in [0, 0.05) is 48.1 Å². The molecule has 0 radical (unpaired) electrons. The van der Waals surface area contributed by atoms with Gasteiger partial charge in [-0.05, 0) is 62.1 Å². The van der Waals surface area contributed by atoms with Crippen molar-refractivity contribution in [2.45, 2.75) is 31.6 Å². The summed E-state index contributed by atoms with van der Waals surface area (Å²) >= 11 is 3.41. The molecule has 7 heteroatoms. The van der Waals surface area contributed by atoms with Crippen molar-refractivity contribution in [2.24, 2.45) is 5.92 Å². The van der Waals surface area contributed by atoms with E-state index >= 15 is 0 Å². The molecule has 0 aliphatic carbocycles. The number of H-pyrrole nitrogens is 1. The van der Waals surface area contributed by atoms with Crippen LogP contribution in [-0.4, -0.2) is 57.8 Å². The second-order valence-corrected chi connectivity index (χ2v) is 9.75. The molecule has 0 bridgehead atoms. The number of benzene rings is 2. The van der Waals surface area contributed by atoms with Gasteiger partial charge in [0.15, 0.2) is 0 Å². The summed E-state index contributed by atoms with van der Waals surface area (Å²) in [5.41, 5.74) is 2.73. The van der Waals surface area contributed by atoms with Gasteiger partial charge in [-0.25, -0.2) is 4.98 Å². The summed E-state index contributed by atoms with van der Waals surface area (Å²) in [6.07, 6.45) is 3.50. The molecule has 0 spiro atoms. The van der Waals surface area contributed by atoms with Crippen LogP contribution in [0.15, 0.2) is 53.0 Å². The monoisotopic (exact) mass is 494 g/mol. The van der Waals surface area contributed by atoms with Crippen LogP contribution in [0.2, 0.25) is 0 Å². The number of halogens is 1. The minimum atomic E-state index is -0.00149. The van der Waals surface area contributed by atoms with Crippen LogP contribution < -0.4 is 0 Å². The van der Waals surface area contributed by atoms with Gasteiger partial charge in [0.25, 0.3) is 5.91 Å². The van der Waals surface area contributed by atoms with Gasteiger partial charge in [-0.2, -0.15) is 0 Å². The topological polar surface area (TPSA) is 69.3 Å². The number of amides is 2. The van der Waals surface area contributed by atoms with E-state index in [0.717, 1.165) is 60.1 Å². The lowest BCUT2D eigenvalue weighted by molar-refractivity contribution is -0.138. The number of piperidine rings is 2. The molecule has 2 aromatic carbocycles. The van der Waals surface area contributed by atoms with Gasteiger partial charge in [0.1, 0.15) is 5.82 Å². The minimum absolute atomic E-state index is 0.00149. The Bertz CT molecular complexity index is 1090. The first kappa shape index (κ1) is 21.2. The highest BCUT2D eigenvalue weighted by molar-refractivity contribution is 9.10. The number of nitrogens with zero attached hydrogens (tertiary/aromatic N) is 3. The van der Waals surface area contributed by atoms with Crippen molar-refractivity contribution in [3.63, 3.8) is 0 Å². The molecule has 32 heavy (non-hydrogen) atoms. The molecular formula is C25H27BrN4O2. The number of carbonyl (C=O) groups is 2. The SMILES string of the molecule is O=C(c1ccc(Br)cc1)N1CCC(C(=O)N2CCCC(c3nc4ccccc4[nH]3)C2)CC1. The molecule has 2 fully saturated rings. The Morgan fingerprint density at radius 1 is 0.938 bits per heavy atom. The van der Waals surface area contributed by atoms with Gasteiger partial charge >= 0.3 is 0 Å². The number of nitrogens with one attached hydrogen (secondary N) is 1. The van der Waals surface area contributed by atoms with Crippen LogP contribution >= 0.6 is 15.9 Å². The molecule has 0 saturated carbocycles. The first-order valence-corrected chi connectivity index (χ1v) is 12.2. The Morgan fingerprint density at radius 3 is 2.44 bits per heavy atom. The highest BCUT2D eigenvalue weighted by Gasteiger charge is 2.33. The molecule has 3 aromatic rings. The Morgan fingerprint density at radius 2 is 1.69 bits per heavy atom. The Balaban J connectivity index is 1.19. The van der Waals surface area contributed by atoms with Crippen molar-refractivity contribution < 1.29 is 9.59 Å². The van der Waals surface area contributed by atoms with Gasteiger partial charge in [-0.15, -0.1) is 0 Å². The zero-order valence-corrected chi connectivity index (χ0v) is 19.6. The lowest BCUT2D eigenvalue weighted by Crippen LogP contribution is -2.47. The molecule has 6 nitrogen and oxygen atoms in total. The van der Waals surface area contributed by atoms with Crippen molar-refractivity contribution in [1.29, 1.82) is 0 Å². The zero-order chi connectivity index (χ0) is 22.1. The number of aromatic nitrogens is 2. The highest BCUT2D eigenvalue weighted by atomic mass is 79.9. The first-order valence-electron chi connectivity index (χ1n) is 11.4. The van der Waals surface area contributed by atoms with Crippen LogP contribution in [0.1, 0.15) is 47.8 Å². The molecule has 1 N–H and O–H groups in total. The van der Waals surface area contributed by atoms with Crippen molar-refractivity contribution >= 4 is 38.8 Å². The summed E-state index contributed by atoms with van der Waals surface area (Å²) in [5.74, 6) is 1.52. The molecular weight excluding hydrogens is 468 g/mol. The van der Waals surface area contributed by atoms with Crippen molar-refractivity contribution in [3.05, 3.63) is 64.4 Å². The number of likely N-dealkylation sites (tertiary alicyclic amines) is 2. The maximum atomic E-state index is 13.3. The van der Waals surface area contributed by atoms with Crippen molar-refractivity contribution in [1.82, 2.24) is 19.8 Å². The highest BCUT2D eigenvalue weighted by Crippen LogP contribution is 2.29. The van der Waals surface area contributed by atoms with Crippen molar-refractivity contribution in [2.75, 3.05) is 26.2 Å². The lowest BCUT2D eigenvalue weighted by Gasteiger charge is -2.37. The lowest BCUT2D eigenvalue weighted by atomic mass is 9.91. The molecule has 2 aliphatic rings. The van der Waals surface area contributed by atoms with E-state index in [9.17, 15) is 9.59 Å². The summed E-state index contributed by atoms with van der Waals surface area (Å²) in [4.78, 5) is 38.2. The fourth-order valence-electron chi connectivity index (χ4n) is 4.93. The molecule has 166 valence electrons. The molecule has 1 aromatic heterocycles. The number of rotatable bonds is 3. The third-order valence-corrected chi connectivity index (χ3v) is 7.28. The molecule has 5 rings (SSSR count). The fourth-order valence-corrected chi connectivity index (χ4v) is 5.19. The number of para-hydroxylation sites is 2. The maximum absolute atomic E-state index is 13.3. The summed E-state index contributed by atoms with van der Waals surface area (Å²) in [7, 11) is 0. The predicted molar refractivity (Wildman–Crippen MR) is 127 cm³/mol. The molecule has 1 atom stereocenters. The van der Waals surface area contributed by atoms with E-state index in [1.54, 1.807) is 0 Å². The standard InChI is InChI=1S/C25H27BrN4O2/c26-20-9-7-17(8-10-20)24(31)29-14-11-18(12-15-29)25(32)30-13-3-4-19(16-30)23-27-21-5-1-2-6-22(21)28-23/h1-2,5-10,18-19H,3-4,11-16H2,(H,27,28). The average molecular weight is 495 g/mol. The summed E-state index contributed by atoms with van der Waals surface area (Å²) in [6, 6.07) is 15.5. The number of hydrogen-bond donors (Lipinski definition) is 1. The maximum Gasteiger partial charge on any atom is 0.253 e. The number of imidazole rings is 1. The zero-order valence-electron chi connectivity index (χ0n) is 18.0. The third kappa shape index (κ3) is 4.31. The normalized spacial score (nSPS) is 20.0. The molecule has 3 heterocycles. The Labute approximate surface area is 196 Å². The fraction of sp³-hybridized carbons (Fsp3) is 0.400. The van der Waals surface area contributed by atoms with E-state index in [-0.39, 0.29) is 23.7 Å². The van der Waals surface area contributed by atoms with Gasteiger partial charge in [-0.1, -0.05) is 28.1 Å². The van der Waals surface area contributed by atoms with Crippen LogP contribution in [0, 0.1) is 5.92 Å². The molecule has 2 aliphatic heterocycles. The van der Waals surface area contributed by atoms with Crippen molar-refractivity contribution in [3.8, 4) is 0 Å². The van der Waals surface area contributed by atoms with Crippen LogP contribution in [0.5, 0.6) is 0 Å².